The van der Waals surface area contributed by atoms with Gasteiger partial charge in [-0.05, 0) is 26.0 Å². The maximum atomic E-state index is 12.3. The summed E-state index contributed by atoms with van der Waals surface area (Å²) in [5.41, 5.74) is 6.42. The zero-order valence-electron chi connectivity index (χ0n) is 11.9. The van der Waals surface area contributed by atoms with Gasteiger partial charge < -0.3 is 16.0 Å². The van der Waals surface area contributed by atoms with E-state index in [1.165, 1.54) is 11.3 Å². The highest BCUT2D eigenvalue weighted by Gasteiger charge is 2.19. The first-order valence-corrected chi connectivity index (χ1v) is 7.83. The number of nitrogens with zero attached hydrogens (tertiary/aromatic N) is 2. The molecule has 1 aromatic heterocycles. The zero-order chi connectivity index (χ0) is 15.4. The Kier molecular flexibility index (Phi) is 5.03. The van der Waals surface area contributed by atoms with E-state index >= 15 is 0 Å². The van der Waals surface area contributed by atoms with Crippen LogP contribution in [-0.2, 0) is 0 Å². The van der Waals surface area contributed by atoms with Gasteiger partial charge in [-0.15, -0.1) is 0 Å². The second-order valence-electron chi connectivity index (χ2n) is 4.32. The highest BCUT2D eigenvalue weighted by Crippen LogP contribution is 2.29. The van der Waals surface area contributed by atoms with Crippen LogP contribution in [0.4, 0.5) is 16.6 Å². The van der Waals surface area contributed by atoms with E-state index in [4.69, 9.17) is 17.3 Å². The summed E-state index contributed by atoms with van der Waals surface area (Å²) in [4.78, 5) is 19.0. The van der Waals surface area contributed by atoms with E-state index < -0.39 is 0 Å². The predicted molar refractivity (Wildman–Crippen MR) is 89.5 cm³/mol. The number of aromatic nitrogens is 1. The van der Waals surface area contributed by atoms with Crippen LogP contribution in [0.25, 0.3) is 0 Å². The van der Waals surface area contributed by atoms with E-state index in [1.807, 2.05) is 18.7 Å². The van der Waals surface area contributed by atoms with Crippen molar-refractivity contribution < 1.29 is 4.79 Å². The lowest BCUT2D eigenvalue weighted by atomic mass is 10.3. The largest absolute Gasteiger partial charge is 0.382 e. The zero-order valence-corrected chi connectivity index (χ0v) is 13.5. The Morgan fingerprint density at radius 3 is 2.67 bits per heavy atom. The fraction of sp³-hybridized carbons (Fsp3) is 0.286. The number of nitrogens with two attached hydrogens (primary N) is 1. The van der Waals surface area contributed by atoms with Gasteiger partial charge >= 0.3 is 0 Å². The molecule has 0 saturated heterocycles. The minimum absolute atomic E-state index is 0.242. The average molecular weight is 325 g/mol. The molecule has 1 amide bonds. The number of hydrogen-bond donors (Lipinski definition) is 2. The Labute approximate surface area is 132 Å². The van der Waals surface area contributed by atoms with Crippen molar-refractivity contribution in [3.63, 3.8) is 0 Å². The molecule has 3 N–H and O–H groups in total. The van der Waals surface area contributed by atoms with Gasteiger partial charge in [-0.2, -0.15) is 0 Å². The molecule has 0 bridgehead atoms. The third-order valence-corrected chi connectivity index (χ3v) is 4.46. The normalized spacial score (nSPS) is 10.4. The molecule has 0 spiro atoms. The number of carbonyl (C=O) groups is 1. The Morgan fingerprint density at radius 1 is 1.38 bits per heavy atom. The number of carbonyl (C=O) groups excluding carboxylic acids is 1. The third kappa shape index (κ3) is 3.46. The van der Waals surface area contributed by atoms with Crippen molar-refractivity contribution in [1.82, 2.24) is 4.98 Å². The number of rotatable bonds is 5. The van der Waals surface area contributed by atoms with E-state index in [0.717, 1.165) is 18.2 Å². The molecule has 0 aliphatic heterocycles. The van der Waals surface area contributed by atoms with Gasteiger partial charge in [-0.3, -0.25) is 4.79 Å². The van der Waals surface area contributed by atoms with Crippen molar-refractivity contribution in [1.29, 1.82) is 0 Å². The molecule has 5 nitrogen and oxygen atoms in total. The molecule has 21 heavy (non-hydrogen) atoms. The smallest absolute Gasteiger partial charge is 0.269 e. The van der Waals surface area contributed by atoms with E-state index in [-0.39, 0.29) is 11.7 Å². The molecule has 2 aromatic rings. The van der Waals surface area contributed by atoms with Crippen LogP contribution in [0.5, 0.6) is 0 Å². The molecular weight excluding hydrogens is 308 g/mol. The van der Waals surface area contributed by atoms with Crippen LogP contribution in [-0.4, -0.2) is 24.0 Å². The molecule has 112 valence electrons. The van der Waals surface area contributed by atoms with Crippen LogP contribution in [0.1, 0.15) is 23.5 Å². The third-order valence-electron chi connectivity index (χ3n) is 3.00. The fourth-order valence-electron chi connectivity index (χ4n) is 1.85. The minimum Gasteiger partial charge on any atom is -0.382 e. The number of nitrogens with one attached hydrogen (secondary N) is 1. The average Bonchev–Trinajstić information content (AvgIpc) is 2.85. The summed E-state index contributed by atoms with van der Waals surface area (Å²) >= 11 is 7.31. The maximum absolute atomic E-state index is 12.3. The summed E-state index contributed by atoms with van der Waals surface area (Å²) in [7, 11) is 0. The lowest BCUT2D eigenvalue weighted by molar-refractivity contribution is 0.103. The summed E-state index contributed by atoms with van der Waals surface area (Å²) in [5, 5.41) is 3.99. The first kappa shape index (κ1) is 15.6. The van der Waals surface area contributed by atoms with Crippen LogP contribution >= 0.6 is 22.9 Å². The Morgan fingerprint density at radius 2 is 2.05 bits per heavy atom. The minimum atomic E-state index is -0.295. The summed E-state index contributed by atoms with van der Waals surface area (Å²) < 4.78 is 0. The van der Waals surface area contributed by atoms with Crippen LogP contribution < -0.4 is 16.0 Å². The van der Waals surface area contributed by atoms with Crippen LogP contribution in [0, 0.1) is 0 Å². The monoisotopic (exact) mass is 324 g/mol. The maximum Gasteiger partial charge on any atom is 0.269 e. The first-order chi connectivity index (χ1) is 10.1. The summed E-state index contributed by atoms with van der Waals surface area (Å²) in [6, 6.07) is 7.06. The molecule has 0 atom stereocenters. The summed E-state index contributed by atoms with van der Waals surface area (Å²) in [5.74, 6) is -0.0528. The standard InChI is InChI=1S/C14H17ClN4OS/c1-3-19(4-2)14-18-12(16)11(21-14)13(20)17-10-8-6-5-7-9(10)15/h5-8H,3-4,16H2,1-2H3,(H,17,20). The van der Waals surface area contributed by atoms with Gasteiger partial charge in [0.15, 0.2) is 5.13 Å². The summed E-state index contributed by atoms with van der Waals surface area (Å²) in [6.45, 7) is 5.69. The van der Waals surface area contributed by atoms with E-state index in [2.05, 4.69) is 10.3 Å². The van der Waals surface area contributed by atoms with Crippen molar-refractivity contribution in [2.24, 2.45) is 0 Å². The van der Waals surface area contributed by atoms with Crippen LogP contribution in [0.15, 0.2) is 24.3 Å². The Balaban J connectivity index is 2.22. The van der Waals surface area contributed by atoms with E-state index in [0.29, 0.717) is 15.6 Å². The quantitative estimate of drug-likeness (QED) is 0.883. The number of nitrogen functional groups attached to an aromatic ring is 1. The predicted octanol–water partition coefficient (Wildman–Crippen LogP) is 3.48. The molecule has 1 aromatic carbocycles. The number of thiazole rings is 1. The molecule has 0 aliphatic carbocycles. The highest BCUT2D eigenvalue weighted by molar-refractivity contribution is 7.18. The number of hydrogen-bond acceptors (Lipinski definition) is 5. The topological polar surface area (TPSA) is 71.2 Å². The molecule has 0 fully saturated rings. The Hall–Kier alpha value is -1.79. The molecule has 2 rings (SSSR count). The number of benzene rings is 1. The molecule has 0 unspecified atom stereocenters. The van der Waals surface area contributed by atoms with Gasteiger partial charge in [-0.25, -0.2) is 4.98 Å². The second kappa shape index (κ2) is 6.78. The van der Waals surface area contributed by atoms with Crippen molar-refractivity contribution in [3.05, 3.63) is 34.2 Å². The highest BCUT2D eigenvalue weighted by atomic mass is 35.5. The van der Waals surface area contributed by atoms with Gasteiger partial charge in [0.05, 0.1) is 10.7 Å². The number of para-hydroxylation sites is 1. The van der Waals surface area contributed by atoms with Crippen LogP contribution in [0.2, 0.25) is 5.02 Å². The lowest BCUT2D eigenvalue weighted by Gasteiger charge is -2.16. The number of anilines is 3. The summed E-state index contributed by atoms with van der Waals surface area (Å²) in [6.07, 6.45) is 0. The van der Waals surface area contributed by atoms with Gasteiger partial charge in [0.1, 0.15) is 10.7 Å². The van der Waals surface area contributed by atoms with Gasteiger partial charge in [0.2, 0.25) is 0 Å². The van der Waals surface area contributed by atoms with Gasteiger partial charge in [0, 0.05) is 13.1 Å². The fourth-order valence-corrected chi connectivity index (χ4v) is 3.04. The first-order valence-electron chi connectivity index (χ1n) is 6.63. The second-order valence-corrected chi connectivity index (χ2v) is 5.70. The van der Waals surface area contributed by atoms with Crippen molar-refractivity contribution in [2.75, 3.05) is 29.0 Å². The Bertz CT molecular complexity index is 640. The number of amides is 1. The van der Waals surface area contributed by atoms with Crippen molar-refractivity contribution in [3.8, 4) is 0 Å². The van der Waals surface area contributed by atoms with Gasteiger partial charge in [0.25, 0.3) is 5.91 Å². The molecular formula is C14H17ClN4OS. The molecule has 0 aliphatic rings. The molecule has 0 radical (unpaired) electrons. The van der Waals surface area contributed by atoms with Crippen molar-refractivity contribution in [2.45, 2.75) is 13.8 Å². The van der Waals surface area contributed by atoms with E-state index in [1.54, 1.807) is 24.3 Å². The van der Waals surface area contributed by atoms with Gasteiger partial charge in [-0.1, -0.05) is 35.1 Å². The SMILES string of the molecule is CCN(CC)c1nc(N)c(C(=O)Nc2ccccc2Cl)s1. The molecule has 0 saturated carbocycles. The van der Waals surface area contributed by atoms with Crippen molar-refractivity contribution >= 4 is 45.5 Å². The molecule has 7 heteroatoms. The lowest BCUT2D eigenvalue weighted by Crippen LogP contribution is -2.21. The molecule has 1 heterocycles. The van der Waals surface area contributed by atoms with E-state index in [9.17, 15) is 4.79 Å². The number of halogens is 1. The van der Waals surface area contributed by atoms with Crippen LogP contribution in [0.3, 0.4) is 0 Å².